The Morgan fingerprint density at radius 2 is 1.85 bits per heavy atom. The summed E-state index contributed by atoms with van der Waals surface area (Å²) in [6, 6.07) is 7.51. The number of unbranched alkanes of at least 4 members (excludes halogenated alkanes) is 1. The lowest BCUT2D eigenvalue weighted by Gasteiger charge is -2.42. The van der Waals surface area contributed by atoms with Crippen LogP contribution in [-0.4, -0.2) is 110 Å². The zero-order valence-corrected chi connectivity index (χ0v) is 28.9. The molecule has 0 spiro atoms. The number of nitrogens with zero attached hydrogens (tertiary/aromatic N) is 3. The fourth-order valence-corrected chi connectivity index (χ4v) is 7.04. The number of piperazine rings is 1. The van der Waals surface area contributed by atoms with Crippen LogP contribution >= 0.6 is 0 Å². The van der Waals surface area contributed by atoms with Crippen LogP contribution < -0.4 is 22.1 Å². The van der Waals surface area contributed by atoms with E-state index in [4.69, 9.17) is 21.2 Å². The average Bonchev–Trinajstić information content (AvgIpc) is 3.05. The van der Waals surface area contributed by atoms with E-state index in [1.54, 1.807) is 12.2 Å². The molecule has 1 aromatic rings. The van der Waals surface area contributed by atoms with Crippen molar-refractivity contribution in [3.63, 3.8) is 0 Å². The van der Waals surface area contributed by atoms with Crippen molar-refractivity contribution >= 4 is 17.5 Å². The number of piperidine rings is 1. The van der Waals surface area contributed by atoms with Gasteiger partial charge >= 0.3 is 0 Å². The van der Waals surface area contributed by atoms with Gasteiger partial charge in [0.25, 0.3) is 5.91 Å². The van der Waals surface area contributed by atoms with E-state index < -0.39 is 24.3 Å². The van der Waals surface area contributed by atoms with Crippen molar-refractivity contribution in [2.45, 2.75) is 96.2 Å². The largest absolute Gasteiger partial charge is 0.378 e. The van der Waals surface area contributed by atoms with Crippen LogP contribution in [0.2, 0.25) is 0 Å². The highest BCUT2D eigenvalue weighted by Gasteiger charge is 2.35. The third-order valence-electron chi connectivity index (χ3n) is 10.1. The molecule has 0 radical (unpaired) electrons. The first-order chi connectivity index (χ1) is 22.7. The van der Waals surface area contributed by atoms with E-state index in [9.17, 15) is 9.59 Å². The van der Waals surface area contributed by atoms with E-state index in [1.165, 1.54) is 0 Å². The number of carbonyl (C=O) groups is 2. The molecule has 3 aliphatic rings. The Labute approximate surface area is 280 Å². The van der Waals surface area contributed by atoms with Gasteiger partial charge in [0.2, 0.25) is 5.91 Å². The maximum atomic E-state index is 15.3. The van der Waals surface area contributed by atoms with Gasteiger partial charge in [0.15, 0.2) is 0 Å². The Morgan fingerprint density at radius 1 is 1.15 bits per heavy atom. The molecule has 4 rings (SSSR count). The molecule has 3 aliphatic heterocycles. The highest BCUT2D eigenvalue weighted by molar-refractivity contribution is 6.10. The molecular weight excluding hydrogens is 597 g/mol. The summed E-state index contributed by atoms with van der Waals surface area (Å²) in [7, 11) is 0. The molecule has 0 saturated carbocycles. The number of halogens is 1. The number of hydrogen-bond donors (Lipinski definition) is 4. The zero-order valence-electron chi connectivity index (χ0n) is 28.9. The minimum Gasteiger partial charge on any atom is -0.378 e. The second-order valence-corrected chi connectivity index (χ2v) is 13.5. The fraction of sp³-hybridized carbons (Fsp3) is 0.694. The van der Waals surface area contributed by atoms with Crippen molar-refractivity contribution < 1.29 is 18.7 Å². The van der Waals surface area contributed by atoms with Gasteiger partial charge in [0.05, 0.1) is 37.2 Å². The first-order valence-electron chi connectivity index (χ1n) is 17.8. The predicted octanol–water partition coefficient (Wildman–Crippen LogP) is 3.22. The first kappa shape index (κ1) is 37.1. The summed E-state index contributed by atoms with van der Waals surface area (Å²) < 4.78 is 20.6. The average molecular weight is 656 g/mol. The molecule has 10 nitrogen and oxygen atoms in total. The Morgan fingerprint density at radius 3 is 2.43 bits per heavy atom. The van der Waals surface area contributed by atoms with Crippen molar-refractivity contribution in [3.8, 4) is 0 Å². The van der Waals surface area contributed by atoms with E-state index in [0.29, 0.717) is 43.4 Å². The van der Waals surface area contributed by atoms with E-state index in [0.717, 1.165) is 64.1 Å². The normalized spacial score (nSPS) is 24.2. The number of nitrogens with two attached hydrogens (primary N) is 2. The summed E-state index contributed by atoms with van der Waals surface area (Å²) in [6.45, 7) is 13.9. The van der Waals surface area contributed by atoms with Crippen LogP contribution in [0, 0.1) is 11.8 Å². The molecule has 3 heterocycles. The van der Waals surface area contributed by atoms with Crippen LogP contribution in [0.1, 0.15) is 81.6 Å². The van der Waals surface area contributed by atoms with Gasteiger partial charge in [-0.2, -0.15) is 0 Å². The minimum atomic E-state index is -1.13. The molecule has 0 aliphatic carbocycles. The van der Waals surface area contributed by atoms with E-state index in [1.807, 2.05) is 49.9 Å². The van der Waals surface area contributed by atoms with Crippen molar-refractivity contribution in [1.82, 2.24) is 20.4 Å². The smallest absolute Gasteiger partial charge is 0.253 e. The van der Waals surface area contributed by atoms with Crippen molar-refractivity contribution in [2.75, 3.05) is 52.5 Å². The summed E-state index contributed by atoms with van der Waals surface area (Å²) in [5.74, 6) is -1.16. The topological polar surface area (TPSA) is 138 Å². The standard InChI is InChI=1S/C36H58FN7O3/c1-5-8-10-24(4)33(29(37)7-3)41-30(9-6-2)32(34(38)39)35(45)42-31-21-40-16-15-28(31)25-11-13-26(14-12-25)36(46)44-19-17-43(18-20-44)27-22-47-23-27/h6,9,11-14,24,27-29,31-34,40H,5,7-8,10,15-23,38-39H2,1-4H3,(H,42,45)/b9-6+,41-30?. The number of rotatable bonds is 15. The molecule has 6 unspecified atom stereocenters. The molecule has 0 aromatic heterocycles. The highest BCUT2D eigenvalue weighted by Crippen LogP contribution is 2.28. The van der Waals surface area contributed by atoms with Gasteiger partial charge < -0.3 is 31.7 Å². The van der Waals surface area contributed by atoms with Gasteiger partial charge in [0.1, 0.15) is 12.1 Å². The van der Waals surface area contributed by atoms with Crippen molar-refractivity contribution in [1.29, 1.82) is 0 Å². The maximum Gasteiger partial charge on any atom is 0.253 e. The summed E-state index contributed by atoms with van der Waals surface area (Å²) in [6.07, 6.45) is 5.41. The molecule has 1 aromatic carbocycles. The number of benzene rings is 1. The number of ether oxygens (including phenoxy) is 1. The molecule has 6 N–H and O–H groups in total. The zero-order chi connectivity index (χ0) is 33.9. The number of carbonyl (C=O) groups excluding carboxylic acids is 2. The van der Waals surface area contributed by atoms with Crippen LogP contribution in [0.15, 0.2) is 41.4 Å². The molecular formula is C36H58FN7O3. The van der Waals surface area contributed by atoms with Crippen LogP contribution in [0.25, 0.3) is 0 Å². The third kappa shape index (κ3) is 9.69. The number of amides is 2. The van der Waals surface area contributed by atoms with Gasteiger partial charge in [-0.1, -0.05) is 51.8 Å². The Hall–Kier alpha value is -2.70. The Balaban J connectivity index is 1.46. The molecule has 2 amide bonds. The van der Waals surface area contributed by atoms with Gasteiger partial charge in [-0.3, -0.25) is 19.5 Å². The van der Waals surface area contributed by atoms with Gasteiger partial charge in [-0.05, 0) is 62.4 Å². The van der Waals surface area contributed by atoms with Crippen LogP contribution in [-0.2, 0) is 9.53 Å². The van der Waals surface area contributed by atoms with E-state index in [-0.39, 0.29) is 29.7 Å². The van der Waals surface area contributed by atoms with Crippen LogP contribution in [0.4, 0.5) is 4.39 Å². The monoisotopic (exact) mass is 655 g/mol. The summed E-state index contributed by atoms with van der Waals surface area (Å²) >= 11 is 0. The lowest BCUT2D eigenvalue weighted by atomic mass is 9.85. The van der Waals surface area contributed by atoms with E-state index in [2.05, 4.69) is 22.5 Å². The lowest BCUT2D eigenvalue weighted by Crippen LogP contribution is -2.57. The van der Waals surface area contributed by atoms with Crippen LogP contribution in [0.3, 0.4) is 0 Å². The summed E-state index contributed by atoms with van der Waals surface area (Å²) in [5, 5.41) is 6.62. The molecule has 47 heavy (non-hydrogen) atoms. The number of aliphatic imine (C=N–C) groups is 1. The van der Waals surface area contributed by atoms with Crippen molar-refractivity contribution in [3.05, 3.63) is 47.5 Å². The fourth-order valence-electron chi connectivity index (χ4n) is 7.04. The van der Waals surface area contributed by atoms with Gasteiger partial charge in [-0.25, -0.2) is 4.39 Å². The first-order valence-corrected chi connectivity index (χ1v) is 17.8. The minimum absolute atomic E-state index is 0.0108. The predicted molar refractivity (Wildman–Crippen MR) is 186 cm³/mol. The number of alkyl halides is 1. The molecule has 3 fully saturated rings. The second kappa shape index (κ2) is 18.2. The Bertz CT molecular complexity index is 1200. The molecule has 3 saturated heterocycles. The van der Waals surface area contributed by atoms with Gasteiger partial charge in [-0.15, -0.1) is 0 Å². The summed E-state index contributed by atoms with van der Waals surface area (Å²) in [5.41, 5.74) is 14.6. The second-order valence-electron chi connectivity index (χ2n) is 13.5. The quantitative estimate of drug-likeness (QED) is 0.168. The van der Waals surface area contributed by atoms with Gasteiger partial charge in [0, 0.05) is 50.2 Å². The Kier molecular flexibility index (Phi) is 14.4. The molecule has 262 valence electrons. The highest BCUT2D eigenvalue weighted by atomic mass is 19.1. The summed E-state index contributed by atoms with van der Waals surface area (Å²) in [4.78, 5) is 36.4. The number of hydrogen-bond acceptors (Lipinski definition) is 8. The molecule has 0 bridgehead atoms. The lowest BCUT2D eigenvalue weighted by molar-refractivity contribution is -0.124. The molecule has 11 heteroatoms. The molecule has 6 atom stereocenters. The number of nitrogens with one attached hydrogen (secondary N) is 2. The van der Waals surface area contributed by atoms with E-state index >= 15 is 4.39 Å². The van der Waals surface area contributed by atoms with Crippen molar-refractivity contribution in [2.24, 2.45) is 28.3 Å². The SMILES string of the molecule is C/C=C/C(=NC(C(C)CCCC)C(F)CC)C(C(=O)NC1CNCCC1c1ccc(C(=O)N2CCN(C3COC3)CC2)cc1)C(N)N. The maximum absolute atomic E-state index is 15.3. The number of allylic oxidation sites excluding steroid dienone is 2. The van der Waals surface area contributed by atoms with Crippen LogP contribution in [0.5, 0.6) is 0 Å². The third-order valence-corrected chi connectivity index (χ3v) is 10.1.